The maximum Gasteiger partial charge on any atom is 0.317 e. The molecule has 2 aliphatic heterocycles. The standard InChI is InChI=1S/C17H24N2O4/c1-12(18-17(21)19-7-2-4-14(20)11-19)13-5-6-15-16(10-13)23-9-3-8-22-15/h5-6,10,12,14,20H,2-4,7-9,11H2,1H3,(H,18,21)/t12-,14+/m1/s1. The number of nitrogens with one attached hydrogen (secondary N) is 1. The zero-order valence-electron chi connectivity index (χ0n) is 13.5. The van der Waals surface area contributed by atoms with Gasteiger partial charge in [0.15, 0.2) is 11.5 Å². The molecule has 3 rings (SSSR count). The number of nitrogens with zero attached hydrogens (tertiary/aromatic N) is 1. The lowest BCUT2D eigenvalue weighted by molar-refractivity contribution is 0.0835. The second-order valence-electron chi connectivity index (χ2n) is 6.17. The Labute approximate surface area is 136 Å². The van der Waals surface area contributed by atoms with Crippen molar-refractivity contribution < 1.29 is 19.4 Å². The highest BCUT2D eigenvalue weighted by molar-refractivity contribution is 5.75. The van der Waals surface area contributed by atoms with E-state index in [-0.39, 0.29) is 12.1 Å². The summed E-state index contributed by atoms with van der Waals surface area (Å²) in [5.41, 5.74) is 0.972. The van der Waals surface area contributed by atoms with Crippen LogP contribution in [0, 0.1) is 0 Å². The second-order valence-corrected chi connectivity index (χ2v) is 6.17. The number of urea groups is 1. The summed E-state index contributed by atoms with van der Waals surface area (Å²) in [6.45, 7) is 4.34. The topological polar surface area (TPSA) is 71.0 Å². The van der Waals surface area contributed by atoms with Crippen LogP contribution in [0.3, 0.4) is 0 Å². The van der Waals surface area contributed by atoms with Crippen LogP contribution >= 0.6 is 0 Å². The van der Waals surface area contributed by atoms with Crippen molar-refractivity contribution >= 4 is 6.03 Å². The molecule has 126 valence electrons. The summed E-state index contributed by atoms with van der Waals surface area (Å²) in [7, 11) is 0. The fourth-order valence-corrected chi connectivity index (χ4v) is 2.95. The molecule has 0 aromatic heterocycles. The van der Waals surface area contributed by atoms with Crippen LogP contribution in [0.25, 0.3) is 0 Å². The Kier molecular flexibility index (Phi) is 4.91. The van der Waals surface area contributed by atoms with Gasteiger partial charge in [0, 0.05) is 19.5 Å². The molecule has 0 spiro atoms. The molecule has 2 amide bonds. The molecule has 2 atom stereocenters. The molecule has 0 aliphatic carbocycles. The van der Waals surface area contributed by atoms with E-state index in [2.05, 4.69) is 5.32 Å². The van der Waals surface area contributed by atoms with Gasteiger partial charge in [-0.25, -0.2) is 4.79 Å². The Morgan fingerprint density at radius 3 is 2.87 bits per heavy atom. The molecular formula is C17H24N2O4. The van der Waals surface area contributed by atoms with Gasteiger partial charge in [-0.3, -0.25) is 0 Å². The smallest absolute Gasteiger partial charge is 0.317 e. The Morgan fingerprint density at radius 2 is 2.09 bits per heavy atom. The number of rotatable bonds is 2. The molecule has 1 aromatic carbocycles. The maximum absolute atomic E-state index is 12.3. The van der Waals surface area contributed by atoms with Crippen LogP contribution < -0.4 is 14.8 Å². The number of hydrogen-bond donors (Lipinski definition) is 2. The molecule has 23 heavy (non-hydrogen) atoms. The molecule has 1 aromatic rings. The number of aliphatic hydroxyl groups is 1. The van der Waals surface area contributed by atoms with Crippen molar-refractivity contribution in [2.45, 2.75) is 38.3 Å². The van der Waals surface area contributed by atoms with E-state index in [1.54, 1.807) is 4.90 Å². The summed E-state index contributed by atoms with van der Waals surface area (Å²) in [5, 5.41) is 12.7. The van der Waals surface area contributed by atoms with Crippen molar-refractivity contribution in [3.63, 3.8) is 0 Å². The number of aliphatic hydroxyl groups excluding tert-OH is 1. The number of carbonyl (C=O) groups is 1. The zero-order valence-corrected chi connectivity index (χ0v) is 13.5. The van der Waals surface area contributed by atoms with E-state index in [1.165, 1.54) is 0 Å². The normalized spacial score (nSPS) is 22.2. The van der Waals surface area contributed by atoms with E-state index in [0.29, 0.717) is 26.3 Å². The predicted molar refractivity (Wildman–Crippen MR) is 85.8 cm³/mol. The number of ether oxygens (including phenoxy) is 2. The van der Waals surface area contributed by atoms with Gasteiger partial charge in [0.05, 0.1) is 25.4 Å². The summed E-state index contributed by atoms with van der Waals surface area (Å²) in [4.78, 5) is 14.0. The minimum absolute atomic E-state index is 0.136. The third-order valence-corrected chi connectivity index (χ3v) is 4.30. The van der Waals surface area contributed by atoms with E-state index in [0.717, 1.165) is 36.3 Å². The fourth-order valence-electron chi connectivity index (χ4n) is 2.95. The van der Waals surface area contributed by atoms with E-state index in [9.17, 15) is 9.90 Å². The van der Waals surface area contributed by atoms with Gasteiger partial charge in [0.25, 0.3) is 0 Å². The molecule has 2 aliphatic rings. The van der Waals surface area contributed by atoms with Crippen molar-refractivity contribution in [3.05, 3.63) is 23.8 Å². The van der Waals surface area contributed by atoms with E-state index in [1.807, 2.05) is 25.1 Å². The lowest BCUT2D eigenvalue weighted by Crippen LogP contribution is -2.47. The number of hydrogen-bond acceptors (Lipinski definition) is 4. The average Bonchev–Trinajstić information content (AvgIpc) is 2.79. The molecule has 2 N–H and O–H groups in total. The molecule has 0 bridgehead atoms. The molecular weight excluding hydrogens is 296 g/mol. The van der Waals surface area contributed by atoms with Crippen molar-refractivity contribution in [1.29, 1.82) is 0 Å². The van der Waals surface area contributed by atoms with Gasteiger partial charge in [0.2, 0.25) is 0 Å². The maximum atomic E-state index is 12.3. The lowest BCUT2D eigenvalue weighted by Gasteiger charge is -2.31. The molecule has 0 radical (unpaired) electrons. The minimum Gasteiger partial charge on any atom is -0.490 e. The first kappa shape index (κ1) is 15.9. The number of likely N-dealkylation sites (tertiary alicyclic amines) is 1. The van der Waals surface area contributed by atoms with Crippen LogP contribution in [0.1, 0.15) is 37.8 Å². The summed E-state index contributed by atoms with van der Waals surface area (Å²) >= 11 is 0. The first-order valence-electron chi connectivity index (χ1n) is 8.26. The Bertz CT molecular complexity index is 564. The summed E-state index contributed by atoms with van der Waals surface area (Å²) in [5.74, 6) is 1.48. The van der Waals surface area contributed by atoms with E-state index >= 15 is 0 Å². The summed E-state index contributed by atoms with van der Waals surface area (Å²) < 4.78 is 11.3. The van der Waals surface area contributed by atoms with Gasteiger partial charge in [-0.1, -0.05) is 6.07 Å². The zero-order chi connectivity index (χ0) is 16.2. The molecule has 1 fully saturated rings. The summed E-state index contributed by atoms with van der Waals surface area (Å²) in [6.07, 6.45) is 2.06. The SMILES string of the molecule is C[C@@H](NC(=O)N1CCC[C@H](O)C1)c1ccc2c(c1)OCCCO2. The first-order valence-corrected chi connectivity index (χ1v) is 8.26. The van der Waals surface area contributed by atoms with Crippen LogP contribution in [-0.2, 0) is 0 Å². The van der Waals surface area contributed by atoms with Crippen molar-refractivity contribution in [1.82, 2.24) is 10.2 Å². The number of amides is 2. The third kappa shape index (κ3) is 3.88. The highest BCUT2D eigenvalue weighted by Crippen LogP contribution is 2.32. The third-order valence-electron chi connectivity index (χ3n) is 4.30. The molecule has 0 saturated carbocycles. The monoisotopic (exact) mass is 320 g/mol. The molecule has 6 heteroatoms. The lowest BCUT2D eigenvalue weighted by atomic mass is 10.1. The minimum atomic E-state index is -0.414. The Hall–Kier alpha value is -1.95. The van der Waals surface area contributed by atoms with Crippen LogP contribution in [0.15, 0.2) is 18.2 Å². The molecule has 2 heterocycles. The number of β-amino-alcohol motifs (C(OH)–C–C–N with tert-alkyl or cyclic N) is 1. The van der Waals surface area contributed by atoms with Crippen LogP contribution in [0.4, 0.5) is 4.79 Å². The molecule has 1 saturated heterocycles. The van der Waals surface area contributed by atoms with Crippen LogP contribution in [-0.4, -0.2) is 48.4 Å². The van der Waals surface area contributed by atoms with E-state index in [4.69, 9.17) is 9.47 Å². The van der Waals surface area contributed by atoms with Crippen molar-refractivity contribution in [2.24, 2.45) is 0 Å². The average molecular weight is 320 g/mol. The molecule has 0 unspecified atom stereocenters. The Morgan fingerprint density at radius 1 is 1.30 bits per heavy atom. The second kappa shape index (κ2) is 7.08. The van der Waals surface area contributed by atoms with Crippen molar-refractivity contribution in [3.8, 4) is 11.5 Å². The number of fused-ring (bicyclic) bond motifs is 1. The van der Waals surface area contributed by atoms with Crippen molar-refractivity contribution in [2.75, 3.05) is 26.3 Å². The van der Waals surface area contributed by atoms with Gasteiger partial charge in [-0.2, -0.15) is 0 Å². The largest absolute Gasteiger partial charge is 0.490 e. The Balaban J connectivity index is 1.64. The van der Waals surface area contributed by atoms with Gasteiger partial charge < -0.3 is 24.8 Å². The summed E-state index contributed by atoms with van der Waals surface area (Å²) in [6, 6.07) is 5.49. The molecule has 6 nitrogen and oxygen atoms in total. The van der Waals surface area contributed by atoms with Crippen LogP contribution in [0.2, 0.25) is 0 Å². The van der Waals surface area contributed by atoms with Crippen LogP contribution in [0.5, 0.6) is 11.5 Å². The van der Waals surface area contributed by atoms with Gasteiger partial charge >= 0.3 is 6.03 Å². The van der Waals surface area contributed by atoms with Gasteiger partial charge in [-0.15, -0.1) is 0 Å². The first-order chi connectivity index (χ1) is 11.1. The quantitative estimate of drug-likeness (QED) is 0.875. The number of benzene rings is 1. The number of piperidine rings is 1. The van der Waals surface area contributed by atoms with Gasteiger partial charge in [0.1, 0.15) is 0 Å². The fraction of sp³-hybridized carbons (Fsp3) is 0.588. The predicted octanol–water partition coefficient (Wildman–Crippen LogP) is 2.08. The highest BCUT2D eigenvalue weighted by atomic mass is 16.5. The van der Waals surface area contributed by atoms with E-state index < -0.39 is 6.10 Å². The highest BCUT2D eigenvalue weighted by Gasteiger charge is 2.23. The van der Waals surface area contributed by atoms with Gasteiger partial charge in [-0.05, 0) is 37.5 Å². The number of carbonyl (C=O) groups excluding carboxylic acids is 1.